The molecule has 0 spiro atoms. The Morgan fingerprint density at radius 2 is 1.89 bits per heavy atom. The molecule has 1 atom stereocenters. The number of aliphatic hydroxyl groups excluding tert-OH is 1. The number of rotatable bonds is 3. The average molecular weight is 283 g/mol. The van der Waals surface area contributed by atoms with E-state index in [-0.39, 0.29) is 17.0 Å². The van der Waals surface area contributed by atoms with Crippen LogP contribution < -0.4 is 0 Å². The van der Waals surface area contributed by atoms with Crippen LogP contribution in [0.4, 0.5) is 8.78 Å². The molecule has 0 saturated heterocycles. The standard InChI is InChI=1S/C15H13ClF2O/c1-9-2-5-14(18)12(6-9)15(19)7-10-3-4-11(17)8-13(10)16/h2-6,8,15,19H,7H2,1H3. The van der Waals surface area contributed by atoms with Gasteiger partial charge in [-0.1, -0.05) is 35.4 Å². The van der Waals surface area contributed by atoms with Gasteiger partial charge in [0.15, 0.2) is 0 Å². The Kier molecular flexibility index (Phi) is 4.17. The van der Waals surface area contributed by atoms with E-state index in [4.69, 9.17) is 11.6 Å². The van der Waals surface area contributed by atoms with Crippen molar-refractivity contribution in [2.24, 2.45) is 0 Å². The highest BCUT2D eigenvalue weighted by atomic mass is 35.5. The Morgan fingerprint density at radius 3 is 2.58 bits per heavy atom. The fourth-order valence-electron chi connectivity index (χ4n) is 1.92. The summed E-state index contributed by atoms with van der Waals surface area (Å²) < 4.78 is 26.6. The van der Waals surface area contributed by atoms with Crippen molar-refractivity contribution in [1.29, 1.82) is 0 Å². The fourth-order valence-corrected chi connectivity index (χ4v) is 2.17. The zero-order chi connectivity index (χ0) is 14.0. The molecule has 0 aromatic heterocycles. The monoisotopic (exact) mass is 282 g/mol. The predicted octanol–water partition coefficient (Wildman–Crippen LogP) is 4.20. The van der Waals surface area contributed by atoms with Crippen LogP contribution in [-0.2, 0) is 6.42 Å². The predicted molar refractivity (Wildman–Crippen MR) is 71.2 cm³/mol. The summed E-state index contributed by atoms with van der Waals surface area (Å²) in [6, 6.07) is 8.49. The molecule has 100 valence electrons. The lowest BCUT2D eigenvalue weighted by Crippen LogP contribution is -2.05. The molecule has 1 N–H and O–H groups in total. The van der Waals surface area contributed by atoms with E-state index in [1.807, 2.05) is 6.92 Å². The second-order valence-corrected chi connectivity index (χ2v) is 4.89. The number of hydrogen-bond acceptors (Lipinski definition) is 1. The summed E-state index contributed by atoms with van der Waals surface area (Å²) in [6.45, 7) is 1.82. The molecule has 2 aromatic rings. The third kappa shape index (κ3) is 3.31. The van der Waals surface area contributed by atoms with Crippen molar-refractivity contribution in [2.75, 3.05) is 0 Å². The fraction of sp³-hybridized carbons (Fsp3) is 0.200. The summed E-state index contributed by atoms with van der Waals surface area (Å²) in [5.41, 5.74) is 1.66. The van der Waals surface area contributed by atoms with Crippen molar-refractivity contribution in [3.8, 4) is 0 Å². The van der Waals surface area contributed by atoms with Crippen LogP contribution in [0.2, 0.25) is 5.02 Å². The quantitative estimate of drug-likeness (QED) is 0.894. The first-order chi connectivity index (χ1) is 8.97. The normalized spacial score (nSPS) is 12.5. The number of hydrogen-bond donors (Lipinski definition) is 1. The maximum Gasteiger partial charge on any atom is 0.129 e. The van der Waals surface area contributed by atoms with Crippen LogP contribution in [0, 0.1) is 18.6 Å². The van der Waals surface area contributed by atoms with Gasteiger partial charge in [0.05, 0.1) is 6.10 Å². The van der Waals surface area contributed by atoms with Crippen LogP contribution in [0.25, 0.3) is 0 Å². The Balaban J connectivity index is 2.25. The number of halogens is 3. The molecule has 0 amide bonds. The van der Waals surface area contributed by atoms with E-state index >= 15 is 0 Å². The molecular formula is C15H13ClF2O. The summed E-state index contributed by atoms with van der Waals surface area (Å²) in [6.07, 6.45) is -0.873. The average Bonchev–Trinajstić information content (AvgIpc) is 2.35. The molecule has 0 fully saturated rings. The van der Waals surface area contributed by atoms with Gasteiger partial charge in [0, 0.05) is 17.0 Å². The van der Waals surface area contributed by atoms with Gasteiger partial charge in [0.2, 0.25) is 0 Å². The van der Waals surface area contributed by atoms with Gasteiger partial charge in [0.25, 0.3) is 0 Å². The molecule has 2 rings (SSSR count). The zero-order valence-electron chi connectivity index (χ0n) is 10.3. The van der Waals surface area contributed by atoms with E-state index in [1.165, 1.54) is 24.3 Å². The molecule has 0 aliphatic rings. The van der Waals surface area contributed by atoms with Gasteiger partial charge in [-0.3, -0.25) is 0 Å². The summed E-state index contributed by atoms with van der Waals surface area (Å²) in [7, 11) is 0. The highest BCUT2D eigenvalue weighted by molar-refractivity contribution is 6.31. The van der Waals surface area contributed by atoms with Gasteiger partial charge >= 0.3 is 0 Å². The summed E-state index contributed by atoms with van der Waals surface area (Å²) >= 11 is 5.89. The third-order valence-corrected chi connectivity index (χ3v) is 3.29. The van der Waals surface area contributed by atoms with Crippen LogP contribution in [0.15, 0.2) is 36.4 Å². The lowest BCUT2D eigenvalue weighted by atomic mass is 9.99. The maximum absolute atomic E-state index is 13.6. The molecule has 0 aliphatic carbocycles. The van der Waals surface area contributed by atoms with E-state index < -0.39 is 17.7 Å². The summed E-state index contributed by atoms with van der Waals surface area (Å²) in [5.74, 6) is -0.902. The highest BCUT2D eigenvalue weighted by Gasteiger charge is 2.15. The molecule has 1 unspecified atom stereocenters. The number of aryl methyl sites for hydroxylation is 1. The smallest absolute Gasteiger partial charge is 0.129 e. The Labute approximate surface area is 115 Å². The molecule has 0 aliphatic heterocycles. The molecule has 1 nitrogen and oxygen atoms in total. The minimum atomic E-state index is -1.01. The van der Waals surface area contributed by atoms with Crippen LogP contribution in [0.5, 0.6) is 0 Å². The Morgan fingerprint density at radius 1 is 1.16 bits per heavy atom. The highest BCUT2D eigenvalue weighted by Crippen LogP contribution is 2.26. The second-order valence-electron chi connectivity index (χ2n) is 4.48. The van der Waals surface area contributed by atoms with Crippen molar-refractivity contribution in [2.45, 2.75) is 19.4 Å². The van der Waals surface area contributed by atoms with Crippen LogP contribution in [0.3, 0.4) is 0 Å². The molecule has 2 aromatic carbocycles. The van der Waals surface area contributed by atoms with Crippen LogP contribution >= 0.6 is 11.6 Å². The number of aliphatic hydroxyl groups is 1. The Bertz CT molecular complexity index is 599. The van der Waals surface area contributed by atoms with E-state index in [2.05, 4.69) is 0 Å². The van der Waals surface area contributed by atoms with Crippen LogP contribution in [0.1, 0.15) is 22.8 Å². The lowest BCUT2D eigenvalue weighted by Gasteiger charge is -2.14. The van der Waals surface area contributed by atoms with E-state index in [0.717, 1.165) is 5.56 Å². The molecule has 0 saturated carbocycles. The lowest BCUT2D eigenvalue weighted by molar-refractivity contribution is 0.173. The molecule has 19 heavy (non-hydrogen) atoms. The summed E-state index contributed by atoms with van der Waals surface area (Å²) in [5, 5.41) is 10.3. The van der Waals surface area contributed by atoms with Crippen LogP contribution in [-0.4, -0.2) is 5.11 Å². The van der Waals surface area contributed by atoms with Crippen molar-refractivity contribution < 1.29 is 13.9 Å². The molecule has 0 heterocycles. The van der Waals surface area contributed by atoms with Gasteiger partial charge < -0.3 is 5.11 Å². The van der Waals surface area contributed by atoms with Gasteiger partial charge in [0.1, 0.15) is 11.6 Å². The maximum atomic E-state index is 13.6. The minimum Gasteiger partial charge on any atom is -0.388 e. The molecule has 0 radical (unpaired) electrons. The molecule has 0 bridgehead atoms. The van der Waals surface area contributed by atoms with E-state index in [1.54, 1.807) is 12.1 Å². The van der Waals surface area contributed by atoms with Crippen molar-refractivity contribution >= 4 is 11.6 Å². The first-order valence-corrected chi connectivity index (χ1v) is 6.23. The zero-order valence-corrected chi connectivity index (χ0v) is 11.1. The van der Waals surface area contributed by atoms with Gasteiger partial charge in [-0.2, -0.15) is 0 Å². The molecular weight excluding hydrogens is 270 g/mol. The minimum absolute atomic E-state index is 0.138. The topological polar surface area (TPSA) is 20.2 Å². The number of benzene rings is 2. The SMILES string of the molecule is Cc1ccc(F)c(C(O)Cc2ccc(F)cc2Cl)c1. The second kappa shape index (κ2) is 5.68. The van der Waals surface area contributed by atoms with E-state index in [9.17, 15) is 13.9 Å². The third-order valence-electron chi connectivity index (χ3n) is 2.94. The summed E-state index contributed by atoms with van der Waals surface area (Å²) in [4.78, 5) is 0. The van der Waals surface area contributed by atoms with Crippen molar-refractivity contribution in [3.63, 3.8) is 0 Å². The Hall–Kier alpha value is -1.45. The van der Waals surface area contributed by atoms with Gasteiger partial charge in [-0.25, -0.2) is 8.78 Å². The largest absolute Gasteiger partial charge is 0.388 e. The van der Waals surface area contributed by atoms with Crippen molar-refractivity contribution in [3.05, 3.63) is 69.7 Å². The van der Waals surface area contributed by atoms with Crippen molar-refractivity contribution in [1.82, 2.24) is 0 Å². The first-order valence-electron chi connectivity index (χ1n) is 5.85. The van der Waals surface area contributed by atoms with Gasteiger partial charge in [-0.05, 0) is 30.7 Å². The van der Waals surface area contributed by atoms with Gasteiger partial charge in [-0.15, -0.1) is 0 Å². The van der Waals surface area contributed by atoms with E-state index in [0.29, 0.717) is 5.56 Å². The molecule has 4 heteroatoms. The first kappa shape index (κ1) is 14.0.